The molecule has 0 aliphatic rings. The van der Waals surface area contributed by atoms with Crippen molar-refractivity contribution in [3.8, 4) is 22.9 Å². The average Bonchev–Trinajstić information content (AvgIpc) is 3.19. The number of rotatable bonds is 7. The van der Waals surface area contributed by atoms with Crippen molar-refractivity contribution < 1.29 is 9.47 Å². The van der Waals surface area contributed by atoms with E-state index in [2.05, 4.69) is 48.1 Å². The van der Waals surface area contributed by atoms with Crippen molar-refractivity contribution in [1.82, 2.24) is 15.2 Å². The molecule has 1 unspecified atom stereocenters. The minimum absolute atomic E-state index is 0.108. The zero-order valence-corrected chi connectivity index (χ0v) is 17.8. The van der Waals surface area contributed by atoms with E-state index in [-0.39, 0.29) is 5.41 Å². The van der Waals surface area contributed by atoms with Gasteiger partial charge in [0.1, 0.15) is 5.82 Å². The minimum Gasteiger partial charge on any atom is -0.490 e. The van der Waals surface area contributed by atoms with Crippen LogP contribution in [-0.4, -0.2) is 28.4 Å². The third-order valence-electron chi connectivity index (χ3n) is 4.73. The van der Waals surface area contributed by atoms with E-state index in [1.54, 1.807) is 0 Å². The third-order valence-corrected chi connectivity index (χ3v) is 4.73. The molecule has 3 N–H and O–H groups in total. The van der Waals surface area contributed by atoms with Gasteiger partial charge < -0.3 is 15.2 Å². The molecule has 6 heteroatoms. The molecule has 0 saturated carbocycles. The molecule has 0 spiro atoms. The second-order valence-electron chi connectivity index (χ2n) is 7.92. The predicted molar refractivity (Wildman–Crippen MR) is 115 cm³/mol. The van der Waals surface area contributed by atoms with Crippen molar-refractivity contribution in [2.75, 3.05) is 13.2 Å². The topological polar surface area (TPSA) is 86.0 Å². The van der Waals surface area contributed by atoms with Crippen LogP contribution in [0.1, 0.15) is 57.6 Å². The number of ether oxygens (including phenoxy) is 2. The van der Waals surface area contributed by atoms with Gasteiger partial charge in [0.15, 0.2) is 17.3 Å². The van der Waals surface area contributed by atoms with Gasteiger partial charge in [-0.1, -0.05) is 51.1 Å². The third kappa shape index (κ3) is 4.77. The van der Waals surface area contributed by atoms with Crippen LogP contribution in [0.15, 0.2) is 42.5 Å². The number of aromatic nitrogens is 3. The van der Waals surface area contributed by atoms with E-state index in [1.165, 1.54) is 5.56 Å². The maximum Gasteiger partial charge on any atom is 0.181 e. The molecule has 0 saturated heterocycles. The van der Waals surface area contributed by atoms with Gasteiger partial charge in [-0.05, 0) is 42.5 Å². The summed E-state index contributed by atoms with van der Waals surface area (Å²) in [7, 11) is 0. The molecular weight excluding hydrogens is 364 g/mol. The molecule has 0 bridgehead atoms. The molecule has 6 nitrogen and oxygen atoms in total. The molecule has 0 aliphatic carbocycles. The molecule has 0 aliphatic heterocycles. The average molecular weight is 395 g/mol. The minimum atomic E-state index is -0.444. The Labute approximate surface area is 172 Å². The van der Waals surface area contributed by atoms with Crippen molar-refractivity contribution in [3.05, 3.63) is 59.4 Å². The standard InChI is InChI=1S/C23H30N4O2/c1-6-28-18-13-10-16(14-19(18)29-7-2)20(24)22-25-21(26-27-22)15-8-11-17(12-9-15)23(3,4)5/h8-14,20H,6-7,24H2,1-5H3,(H,25,26,27). The lowest BCUT2D eigenvalue weighted by atomic mass is 9.87. The van der Waals surface area contributed by atoms with E-state index in [1.807, 2.05) is 44.2 Å². The Morgan fingerprint density at radius 3 is 2.24 bits per heavy atom. The predicted octanol–water partition coefficient (Wildman–Crippen LogP) is 4.61. The van der Waals surface area contributed by atoms with Crippen LogP contribution in [0.5, 0.6) is 11.5 Å². The molecule has 154 valence electrons. The van der Waals surface area contributed by atoms with Gasteiger partial charge in [-0.2, -0.15) is 5.10 Å². The summed E-state index contributed by atoms with van der Waals surface area (Å²) < 4.78 is 11.3. The maximum absolute atomic E-state index is 6.45. The van der Waals surface area contributed by atoms with E-state index < -0.39 is 6.04 Å². The first-order valence-corrected chi connectivity index (χ1v) is 10.0. The normalized spacial score (nSPS) is 12.6. The van der Waals surface area contributed by atoms with Crippen molar-refractivity contribution in [2.45, 2.75) is 46.1 Å². The van der Waals surface area contributed by atoms with Crippen LogP contribution in [0, 0.1) is 0 Å². The number of aromatic amines is 1. The summed E-state index contributed by atoms with van der Waals surface area (Å²) in [5.41, 5.74) is 9.66. The molecule has 1 atom stereocenters. The fraction of sp³-hybridized carbons (Fsp3) is 0.391. The van der Waals surface area contributed by atoms with E-state index in [0.717, 1.165) is 11.1 Å². The number of hydrogen-bond donors (Lipinski definition) is 2. The smallest absolute Gasteiger partial charge is 0.181 e. The summed E-state index contributed by atoms with van der Waals surface area (Å²) in [5, 5.41) is 7.34. The summed E-state index contributed by atoms with van der Waals surface area (Å²) in [6.07, 6.45) is 0. The van der Waals surface area contributed by atoms with Gasteiger partial charge in [-0.3, -0.25) is 5.10 Å². The highest BCUT2D eigenvalue weighted by Crippen LogP contribution is 2.32. The van der Waals surface area contributed by atoms with E-state index in [0.29, 0.717) is 36.4 Å². The Morgan fingerprint density at radius 2 is 1.62 bits per heavy atom. The van der Waals surface area contributed by atoms with Gasteiger partial charge in [-0.15, -0.1) is 0 Å². The Kier molecular flexibility index (Phi) is 6.23. The molecule has 0 amide bonds. The van der Waals surface area contributed by atoms with E-state index in [9.17, 15) is 0 Å². The first kappa shape index (κ1) is 20.9. The Bertz CT molecular complexity index is 942. The van der Waals surface area contributed by atoms with Gasteiger partial charge in [-0.25, -0.2) is 4.98 Å². The van der Waals surface area contributed by atoms with E-state index in [4.69, 9.17) is 15.2 Å². The van der Waals surface area contributed by atoms with Gasteiger partial charge in [0.05, 0.1) is 19.3 Å². The summed E-state index contributed by atoms with van der Waals surface area (Å²) >= 11 is 0. The van der Waals surface area contributed by atoms with Gasteiger partial charge >= 0.3 is 0 Å². The van der Waals surface area contributed by atoms with Crippen LogP contribution in [0.3, 0.4) is 0 Å². The van der Waals surface area contributed by atoms with Crippen molar-refractivity contribution in [2.24, 2.45) is 5.73 Å². The molecule has 0 radical (unpaired) electrons. The zero-order chi connectivity index (χ0) is 21.0. The molecular formula is C23H30N4O2. The Morgan fingerprint density at radius 1 is 0.966 bits per heavy atom. The molecule has 2 aromatic carbocycles. The van der Waals surface area contributed by atoms with Crippen LogP contribution < -0.4 is 15.2 Å². The highest BCUT2D eigenvalue weighted by atomic mass is 16.5. The monoisotopic (exact) mass is 394 g/mol. The summed E-state index contributed by atoms with van der Waals surface area (Å²) in [6.45, 7) is 11.6. The number of nitrogens with zero attached hydrogens (tertiary/aromatic N) is 2. The number of hydrogen-bond acceptors (Lipinski definition) is 5. The molecule has 0 fully saturated rings. The lowest BCUT2D eigenvalue weighted by Crippen LogP contribution is -2.14. The van der Waals surface area contributed by atoms with Gasteiger partial charge in [0.2, 0.25) is 0 Å². The van der Waals surface area contributed by atoms with Crippen molar-refractivity contribution in [3.63, 3.8) is 0 Å². The molecule has 29 heavy (non-hydrogen) atoms. The van der Waals surface area contributed by atoms with Gasteiger partial charge in [0, 0.05) is 5.56 Å². The number of nitrogens with one attached hydrogen (secondary N) is 1. The van der Waals surface area contributed by atoms with Crippen LogP contribution in [0.4, 0.5) is 0 Å². The second kappa shape index (κ2) is 8.66. The largest absolute Gasteiger partial charge is 0.490 e. The lowest BCUT2D eigenvalue weighted by molar-refractivity contribution is 0.287. The van der Waals surface area contributed by atoms with Crippen LogP contribution in [0.25, 0.3) is 11.4 Å². The Hall–Kier alpha value is -2.86. The summed E-state index contributed by atoms with van der Waals surface area (Å²) in [6, 6.07) is 13.6. The SMILES string of the molecule is CCOc1ccc(C(N)c2nc(-c3ccc(C(C)(C)C)cc3)n[nH]2)cc1OCC. The number of benzene rings is 2. The number of nitrogens with two attached hydrogens (primary N) is 1. The maximum atomic E-state index is 6.45. The summed E-state index contributed by atoms with van der Waals surface area (Å²) in [5.74, 6) is 2.63. The first-order chi connectivity index (χ1) is 13.8. The van der Waals surface area contributed by atoms with Crippen LogP contribution in [-0.2, 0) is 5.41 Å². The second-order valence-corrected chi connectivity index (χ2v) is 7.92. The summed E-state index contributed by atoms with van der Waals surface area (Å²) in [4.78, 5) is 4.62. The quantitative estimate of drug-likeness (QED) is 0.611. The Balaban J connectivity index is 1.83. The molecule has 3 aromatic rings. The van der Waals surface area contributed by atoms with Crippen molar-refractivity contribution >= 4 is 0 Å². The van der Waals surface area contributed by atoms with E-state index >= 15 is 0 Å². The first-order valence-electron chi connectivity index (χ1n) is 10.0. The van der Waals surface area contributed by atoms with Crippen LogP contribution >= 0.6 is 0 Å². The lowest BCUT2D eigenvalue weighted by Gasteiger charge is -2.18. The molecule has 1 aromatic heterocycles. The fourth-order valence-electron chi connectivity index (χ4n) is 3.08. The highest BCUT2D eigenvalue weighted by molar-refractivity contribution is 5.55. The van der Waals surface area contributed by atoms with Crippen LogP contribution in [0.2, 0.25) is 0 Å². The highest BCUT2D eigenvalue weighted by Gasteiger charge is 2.18. The molecule has 1 heterocycles. The van der Waals surface area contributed by atoms with Gasteiger partial charge in [0.25, 0.3) is 0 Å². The zero-order valence-electron chi connectivity index (χ0n) is 17.8. The number of H-pyrrole nitrogens is 1. The van der Waals surface area contributed by atoms with Crippen molar-refractivity contribution in [1.29, 1.82) is 0 Å². The fourth-order valence-corrected chi connectivity index (χ4v) is 3.08. The molecule has 3 rings (SSSR count).